The third-order valence-corrected chi connectivity index (χ3v) is 5.15. The lowest BCUT2D eigenvalue weighted by Gasteiger charge is -2.08. The Hall–Kier alpha value is -0.850. The standard InChI is InChI=1S/C25H46O/c1-4-6-7-8-9-10-11-12-13-14-15-16-17-18-19-20-21-23-25(26)24(3)22-5-2/h9-10,12-13,24H,4-8,11,14-23H2,1-3H3/b10-9-,13-12-. The Labute approximate surface area is 164 Å². The summed E-state index contributed by atoms with van der Waals surface area (Å²) < 4.78 is 0. The smallest absolute Gasteiger partial charge is 0.135 e. The Balaban J connectivity index is 3.28. The molecule has 1 unspecified atom stereocenters. The summed E-state index contributed by atoms with van der Waals surface area (Å²) in [7, 11) is 0. The molecule has 0 amide bonds. The molecular formula is C25H46O. The average molecular weight is 363 g/mol. The van der Waals surface area contributed by atoms with Crippen molar-refractivity contribution in [2.75, 3.05) is 0 Å². The second kappa shape index (κ2) is 20.5. The van der Waals surface area contributed by atoms with Gasteiger partial charge in [0.15, 0.2) is 0 Å². The number of unbranched alkanes of at least 4 members (excludes halogenated alkanes) is 10. The maximum Gasteiger partial charge on any atom is 0.135 e. The van der Waals surface area contributed by atoms with Gasteiger partial charge in [-0.05, 0) is 44.9 Å². The Morgan fingerprint density at radius 3 is 1.81 bits per heavy atom. The van der Waals surface area contributed by atoms with Gasteiger partial charge in [0.05, 0.1) is 0 Å². The number of hydrogen-bond donors (Lipinski definition) is 0. The van der Waals surface area contributed by atoms with Crippen LogP contribution in [0.3, 0.4) is 0 Å². The van der Waals surface area contributed by atoms with E-state index in [0.29, 0.717) is 5.78 Å². The molecule has 0 aliphatic rings. The molecule has 0 saturated carbocycles. The van der Waals surface area contributed by atoms with Gasteiger partial charge in [0, 0.05) is 12.3 Å². The van der Waals surface area contributed by atoms with E-state index in [1.807, 2.05) is 0 Å². The molecular weight excluding hydrogens is 316 g/mol. The Kier molecular flexibility index (Phi) is 19.8. The zero-order valence-corrected chi connectivity index (χ0v) is 18.1. The normalized spacial score (nSPS) is 13.0. The van der Waals surface area contributed by atoms with Crippen LogP contribution in [-0.4, -0.2) is 5.78 Å². The zero-order chi connectivity index (χ0) is 19.3. The summed E-state index contributed by atoms with van der Waals surface area (Å²) in [6, 6.07) is 0. The number of carbonyl (C=O) groups excluding carboxylic acids is 1. The summed E-state index contributed by atoms with van der Waals surface area (Å²) in [5, 5.41) is 0. The molecule has 0 aromatic heterocycles. The summed E-state index contributed by atoms with van der Waals surface area (Å²) in [6.07, 6.45) is 28.9. The number of ketones is 1. The van der Waals surface area contributed by atoms with E-state index in [4.69, 9.17) is 0 Å². The maximum atomic E-state index is 11.9. The molecule has 0 heterocycles. The van der Waals surface area contributed by atoms with Crippen LogP contribution in [0.25, 0.3) is 0 Å². The number of carbonyl (C=O) groups is 1. The largest absolute Gasteiger partial charge is 0.299 e. The van der Waals surface area contributed by atoms with Crippen LogP contribution in [0, 0.1) is 5.92 Å². The van der Waals surface area contributed by atoms with Gasteiger partial charge in [0.25, 0.3) is 0 Å². The minimum atomic E-state index is 0.282. The summed E-state index contributed by atoms with van der Waals surface area (Å²) in [5.74, 6) is 0.763. The monoisotopic (exact) mass is 362 g/mol. The van der Waals surface area contributed by atoms with Gasteiger partial charge in [-0.15, -0.1) is 0 Å². The highest BCUT2D eigenvalue weighted by Crippen LogP contribution is 2.14. The van der Waals surface area contributed by atoms with Gasteiger partial charge in [-0.3, -0.25) is 4.79 Å². The molecule has 0 aromatic rings. The van der Waals surface area contributed by atoms with E-state index in [0.717, 1.165) is 32.1 Å². The van der Waals surface area contributed by atoms with E-state index >= 15 is 0 Å². The molecule has 1 nitrogen and oxygen atoms in total. The number of allylic oxidation sites excluding steroid dienone is 4. The van der Waals surface area contributed by atoms with E-state index in [9.17, 15) is 4.79 Å². The summed E-state index contributed by atoms with van der Waals surface area (Å²) >= 11 is 0. The van der Waals surface area contributed by atoms with E-state index in [1.165, 1.54) is 70.6 Å². The van der Waals surface area contributed by atoms with Gasteiger partial charge in [-0.25, -0.2) is 0 Å². The van der Waals surface area contributed by atoms with Crippen molar-refractivity contribution in [1.29, 1.82) is 0 Å². The third-order valence-electron chi connectivity index (χ3n) is 5.15. The first-order chi connectivity index (χ1) is 12.7. The minimum absolute atomic E-state index is 0.282. The van der Waals surface area contributed by atoms with Crippen molar-refractivity contribution < 1.29 is 4.79 Å². The van der Waals surface area contributed by atoms with Crippen molar-refractivity contribution >= 4 is 5.78 Å². The van der Waals surface area contributed by atoms with Crippen LogP contribution in [0.5, 0.6) is 0 Å². The molecule has 0 aliphatic heterocycles. The Morgan fingerprint density at radius 2 is 1.23 bits per heavy atom. The van der Waals surface area contributed by atoms with E-state index in [-0.39, 0.29) is 5.92 Å². The van der Waals surface area contributed by atoms with Crippen molar-refractivity contribution in [2.24, 2.45) is 5.92 Å². The first-order valence-corrected chi connectivity index (χ1v) is 11.5. The van der Waals surface area contributed by atoms with Crippen LogP contribution in [-0.2, 0) is 4.79 Å². The highest BCUT2D eigenvalue weighted by atomic mass is 16.1. The number of Topliss-reactive ketones (excluding diaryl/α,β-unsaturated/α-hetero) is 1. The minimum Gasteiger partial charge on any atom is -0.299 e. The van der Waals surface area contributed by atoms with Gasteiger partial charge < -0.3 is 0 Å². The molecule has 0 aromatic carbocycles. The Bertz CT molecular complexity index is 353. The van der Waals surface area contributed by atoms with Crippen LogP contribution < -0.4 is 0 Å². The first-order valence-electron chi connectivity index (χ1n) is 11.5. The second-order valence-electron chi connectivity index (χ2n) is 7.84. The fourth-order valence-corrected chi connectivity index (χ4v) is 3.30. The average Bonchev–Trinajstić information content (AvgIpc) is 2.64. The van der Waals surface area contributed by atoms with Crippen molar-refractivity contribution in [1.82, 2.24) is 0 Å². The molecule has 0 spiro atoms. The van der Waals surface area contributed by atoms with E-state index < -0.39 is 0 Å². The van der Waals surface area contributed by atoms with Gasteiger partial charge >= 0.3 is 0 Å². The molecule has 0 bridgehead atoms. The number of rotatable bonds is 19. The lowest BCUT2D eigenvalue weighted by atomic mass is 9.96. The molecule has 0 radical (unpaired) electrons. The highest BCUT2D eigenvalue weighted by molar-refractivity contribution is 5.80. The van der Waals surface area contributed by atoms with E-state index in [2.05, 4.69) is 45.1 Å². The molecule has 152 valence electrons. The maximum absolute atomic E-state index is 11.9. The molecule has 0 fully saturated rings. The van der Waals surface area contributed by atoms with Crippen LogP contribution in [0.1, 0.15) is 124 Å². The molecule has 26 heavy (non-hydrogen) atoms. The third kappa shape index (κ3) is 18.0. The van der Waals surface area contributed by atoms with Crippen LogP contribution in [0.4, 0.5) is 0 Å². The van der Waals surface area contributed by atoms with Crippen molar-refractivity contribution in [3.8, 4) is 0 Å². The van der Waals surface area contributed by atoms with Gasteiger partial charge in [-0.1, -0.05) is 96.4 Å². The van der Waals surface area contributed by atoms with E-state index in [1.54, 1.807) is 0 Å². The van der Waals surface area contributed by atoms with Gasteiger partial charge in [0.2, 0.25) is 0 Å². The predicted molar refractivity (Wildman–Crippen MR) is 118 cm³/mol. The lowest BCUT2D eigenvalue weighted by molar-refractivity contribution is -0.122. The van der Waals surface area contributed by atoms with Crippen LogP contribution >= 0.6 is 0 Å². The van der Waals surface area contributed by atoms with Crippen molar-refractivity contribution in [3.05, 3.63) is 24.3 Å². The number of hydrogen-bond acceptors (Lipinski definition) is 1. The highest BCUT2D eigenvalue weighted by Gasteiger charge is 2.10. The van der Waals surface area contributed by atoms with Crippen LogP contribution in [0.15, 0.2) is 24.3 Å². The topological polar surface area (TPSA) is 17.1 Å². The fourth-order valence-electron chi connectivity index (χ4n) is 3.30. The second-order valence-corrected chi connectivity index (χ2v) is 7.84. The zero-order valence-electron chi connectivity index (χ0n) is 18.1. The fraction of sp³-hybridized carbons (Fsp3) is 0.800. The molecule has 0 rings (SSSR count). The van der Waals surface area contributed by atoms with Crippen LogP contribution in [0.2, 0.25) is 0 Å². The molecule has 0 saturated heterocycles. The molecule has 1 heteroatoms. The van der Waals surface area contributed by atoms with Gasteiger partial charge in [0.1, 0.15) is 5.78 Å². The molecule has 0 aliphatic carbocycles. The van der Waals surface area contributed by atoms with Crippen molar-refractivity contribution in [2.45, 2.75) is 124 Å². The first kappa shape index (κ1) is 25.1. The van der Waals surface area contributed by atoms with Gasteiger partial charge in [-0.2, -0.15) is 0 Å². The lowest BCUT2D eigenvalue weighted by Crippen LogP contribution is -2.10. The molecule has 1 atom stereocenters. The Morgan fingerprint density at radius 1 is 0.692 bits per heavy atom. The predicted octanol–water partition coefficient (Wildman–Crippen LogP) is 8.59. The quantitative estimate of drug-likeness (QED) is 0.166. The van der Waals surface area contributed by atoms with Crippen molar-refractivity contribution in [3.63, 3.8) is 0 Å². The SMILES string of the molecule is CCCCC/C=C\C/C=C\CCCCCCCCCC(=O)C(C)CCC. The summed E-state index contributed by atoms with van der Waals surface area (Å²) in [4.78, 5) is 11.9. The summed E-state index contributed by atoms with van der Waals surface area (Å²) in [5.41, 5.74) is 0. The molecule has 0 N–H and O–H groups in total. The summed E-state index contributed by atoms with van der Waals surface area (Å²) in [6.45, 7) is 6.50.